The summed E-state index contributed by atoms with van der Waals surface area (Å²) in [6.45, 7) is 10.9. The molecule has 214 valence electrons. The first-order valence-electron chi connectivity index (χ1n) is 12.9. The lowest BCUT2D eigenvalue weighted by Crippen LogP contribution is -2.55. The van der Waals surface area contributed by atoms with Crippen LogP contribution in [0, 0.1) is 6.92 Å². The van der Waals surface area contributed by atoms with Crippen molar-refractivity contribution >= 4 is 47.0 Å². The van der Waals surface area contributed by atoms with Gasteiger partial charge in [0.15, 0.2) is 0 Å². The van der Waals surface area contributed by atoms with E-state index in [-0.39, 0.29) is 11.8 Å². The lowest BCUT2D eigenvalue weighted by atomic mass is 9.99. The molecule has 10 heteroatoms. The number of hydrogen-bond donors (Lipinski definition) is 3. The summed E-state index contributed by atoms with van der Waals surface area (Å²) >= 11 is 7.95. The number of nitrogens with zero attached hydrogens (tertiary/aromatic N) is 1. The van der Waals surface area contributed by atoms with Gasteiger partial charge < -0.3 is 25.4 Å². The lowest BCUT2D eigenvalue weighted by molar-refractivity contribution is -0.143. The second kappa shape index (κ2) is 14.5. The molecule has 0 spiro atoms. The van der Waals surface area contributed by atoms with Crippen LogP contribution >= 0.6 is 23.4 Å². The predicted molar refractivity (Wildman–Crippen MR) is 158 cm³/mol. The van der Waals surface area contributed by atoms with Gasteiger partial charge in [0, 0.05) is 6.04 Å². The van der Waals surface area contributed by atoms with E-state index in [4.69, 9.17) is 16.3 Å². The van der Waals surface area contributed by atoms with E-state index in [0.29, 0.717) is 34.9 Å². The Kier molecular flexibility index (Phi) is 12.0. The van der Waals surface area contributed by atoms with Crippen molar-refractivity contribution in [3.63, 3.8) is 0 Å². The minimum absolute atomic E-state index is 0.0331. The fraction of sp³-hybridized carbons (Fsp3) is 0.483. The molecule has 39 heavy (non-hydrogen) atoms. The van der Waals surface area contributed by atoms with Crippen LogP contribution in [0.4, 0.5) is 10.5 Å². The zero-order valence-corrected chi connectivity index (χ0v) is 25.3. The molecule has 0 saturated carbocycles. The molecular weight excluding hydrogens is 538 g/mol. The third-order valence-electron chi connectivity index (χ3n) is 6.13. The third kappa shape index (κ3) is 9.35. The van der Waals surface area contributed by atoms with E-state index in [1.807, 2.05) is 33.1 Å². The van der Waals surface area contributed by atoms with Crippen LogP contribution in [0.5, 0.6) is 5.75 Å². The number of carbonyl (C=O) groups excluding carboxylic acids is 3. The van der Waals surface area contributed by atoms with Crippen LogP contribution in [0.1, 0.15) is 64.6 Å². The molecule has 2 rings (SSSR count). The Bertz CT molecular complexity index is 1120. The standard InChI is InChI=1S/C29H40ClN3O5S/c1-8-19(3)33(27(36)23(16-17-39-7)31-28(37)38-29(4,5)6)25(20-12-14-21(34)15-13-20)26(35)32-24-18(2)10-9-11-22(24)30/h9-15,19,23,25,34H,8,16-17H2,1-7H3,(H,31,37)(H,32,35). The number of anilines is 1. The lowest BCUT2D eigenvalue weighted by Gasteiger charge is -2.38. The number of rotatable bonds is 11. The van der Waals surface area contributed by atoms with Gasteiger partial charge in [-0.25, -0.2) is 4.79 Å². The summed E-state index contributed by atoms with van der Waals surface area (Å²) < 4.78 is 5.43. The topological polar surface area (TPSA) is 108 Å². The van der Waals surface area contributed by atoms with Gasteiger partial charge in [-0.2, -0.15) is 11.8 Å². The average Bonchev–Trinajstić information content (AvgIpc) is 2.86. The summed E-state index contributed by atoms with van der Waals surface area (Å²) in [7, 11) is 0. The molecule has 3 amide bonds. The molecule has 0 aliphatic heterocycles. The van der Waals surface area contributed by atoms with Crippen molar-refractivity contribution in [2.75, 3.05) is 17.3 Å². The molecule has 0 saturated heterocycles. The van der Waals surface area contributed by atoms with Crippen molar-refractivity contribution in [1.82, 2.24) is 10.2 Å². The average molecular weight is 578 g/mol. The number of benzene rings is 2. The molecule has 0 aliphatic carbocycles. The molecule has 3 atom stereocenters. The van der Waals surface area contributed by atoms with E-state index < -0.39 is 35.6 Å². The first-order chi connectivity index (χ1) is 18.3. The molecule has 8 nitrogen and oxygen atoms in total. The van der Waals surface area contributed by atoms with Crippen LogP contribution in [0.3, 0.4) is 0 Å². The quantitative estimate of drug-likeness (QED) is 0.289. The summed E-state index contributed by atoms with van der Waals surface area (Å²) in [6, 6.07) is 9.11. The first kappa shape index (κ1) is 32.3. The highest BCUT2D eigenvalue weighted by atomic mass is 35.5. The van der Waals surface area contributed by atoms with Gasteiger partial charge in [0.25, 0.3) is 5.91 Å². The van der Waals surface area contributed by atoms with Gasteiger partial charge in [-0.15, -0.1) is 0 Å². The van der Waals surface area contributed by atoms with Crippen molar-refractivity contribution in [2.45, 2.75) is 78.1 Å². The monoisotopic (exact) mass is 577 g/mol. The maximum absolute atomic E-state index is 14.2. The van der Waals surface area contributed by atoms with Gasteiger partial charge >= 0.3 is 6.09 Å². The fourth-order valence-corrected chi connectivity index (χ4v) is 4.74. The number of phenolic OH excluding ortho intramolecular Hbond substituents is 1. The van der Waals surface area contributed by atoms with Crippen LogP contribution in [0.15, 0.2) is 42.5 Å². The molecule has 0 radical (unpaired) electrons. The molecule has 3 N–H and O–H groups in total. The Hall–Kier alpha value is -2.91. The molecule has 3 unspecified atom stereocenters. The first-order valence-corrected chi connectivity index (χ1v) is 14.7. The minimum atomic E-state index is -1.07. The van der Waals surface area contributed by atoms with Gasteiger partial charge in [-0.05, 0) is 88.8 Å². The highest BCUT2D eigenvalue weighted by molar-refractivity contribution is 7.98. The normalized spacial score (nSPS) is 13.6. The number of halogens is 1. The molecule has 0 heterocycles. The third-order valence-corrected chi connectivity index (χ3v) is 7.08. The maximum atomic E-state index is 14.2. The molecule has 0 fully saturated rings. The zero-order valence-electron chi connectivity index (χ0n) is 23.7. The number of aryl methyl sites for hydroxylation is 1. The number of nitrogens with one attached hydrogen (secondary N) is 2. The highest BCUT2D eigenvalue weighted by Crippen LogP contribution is 2.31. The van der Waals surface area contributed by atoms with E-state index in [1.54, 1.807) is 56.8 Å². The zero-order chi connectivity index (χ0) is 29.3. The number of aromatic hydroxyl groups is 1. The number of hydrogen-bond acceptors (Lipinski definition) is 6. The molecule has 0 aliphatic rings. The smallest absolute Gasteiger partial charge is 0.408 e. The highest BCUT2D eigenvalue weighted by Gasteiger charge is 2.38. The Morgan fingerprint density at radius 3 is 2.31 bits per heavy atom. The second-order valence-corrected chi connectivity index (χ2v) is 11.8. The number of carbonyl (C=O) groups is 3. The fourth-order valence-electron chi connectivity index (χ4n) is 4.00. The summed E-state index contributed by atoms with van der Waals surface area (Å²) in [5.74, 6) is -0.236. The summed E-state index contributed by atoms with van der Waals surface area (Å²) in [4.78, 5) is 42.4. The number of amides is 3. The largest absolute Gasteiger partial charge is 0.508 e. The summed E-state index contributed by atoms with van der Waals surface area (Å²) in [5.41, 5.74) is 0.987. The van der Waals surface area contributed by atoms with Crippen LogP contribution in [0.25, 0.3) is 0 Å². The molecule has 0 bridgehead atoms. The maximum Gasteiger partial charge on any atom is 0.408 e. The van der Waals surface area contributed by atoms with Crippen molar-refractivity contribution in [1.29, 1.82) is 0 Å². The van der Waals surface area contributed by atoms with E-state index in [9.17, 15) is 19.5 Å². The number of ether oxygens (including phenoxy) is 1. The Morgan fingerprint density at radius 2 is 1.77 bits per heavy atom. The molecule has 2 aromatic carbocycles. The Labute approximate surface area is 240 Å². The van der Waals surface area contributed by atoms with Crippen molar-refractivity contribution in [2.24, 2.45) is 0 Å². The van der Waals surface area contributed by atoms with E-state index in [2.05, 4.69) is 10.6 Å². The SMILES string of the molecule is CCC(C)N(C(=O)C(CCSC)NC(=O)OC(C)(C)C)C(C(=O)Nc1c(C)cccc1Cl)c1ccc(O)cc1. The Balaban J connectivity index is 2.58. The van der Waals surface area contributed by atoms with Crippen molar-refractivity contribution in [3.8, 4) is 5.75 Å². The summed E-state index contributed by atoms with van der Waals surface area (Å²) in [6.07, 6.45) is 2.11. The van der Waals surface area contributed by atoms with Gasteiger partial charge in [0.2, 0.25) is 5.91 Å². The van der Waals surface area contributed by atoms with Gasteiger partial charge in [0.1, 0.15) is 23.4 Å². The van der Waals surface area contributed by atoms with Crippen LogP contribution in [-0.2, 0) is 14.3 Å². The van der Waals surface area contributed by atoms with E-state index in [1.165, 1.54) is 17.0 Å². The molecular formula is C29H40ClN3O5S. The van der Waals surface area contributed by atoms with Gasteiger partial charge in [-0.3, -0.25) is 9.59 Å². The Morgan fingerprint density at radius 1 is 1.13 bits per heavy atom. The van der Waals surface area contributed by atoms with Crippen LogP contribution in [-0.4, -0.2) is 57.6 Å². The van der Waals surface area contributed by atoms with E-state index in [0.717, 1.165) is 5.56 Å². The van der Waals surface area contributed by atoms with Gasteiger partial charge in [0.05, 0.1) is 10.7 Å². The summed E-state index contributed by atoms with van der Waals surface area (Å²) in [5, 5.41) is 15.9. The van der Waals surface area contributed by atoms with Gasteiger partial charge in [-0.1, -0.05) is 42.8 Å². The predicted octanol–water partition coefficient (Wildman–Crippen LogP) is 6.31. The van der Waals surface area contributed by atoms with Crippen LogP contribution in [0.2, 0.25) is 5.02 Å². The number of alkyl carbamates (subject to hydrolysis) is 1. The second-order valence-electron chi connectivity index (χ2n) is 10.4. The minimum Gasteiger partial charge on any atom is -0.508 e. The van der Waals surface area contributed by atoms with Crippen LogP contribution < -0.4 is 10.6 Å². The van der Waals surface area contributed by atoms with Crippen molar-refractivity contribution in [3.05, 3.63) is 58.6 Å². The molecule has 0 aromatic heterocycles. The van der Waals surface area contributed by atoms with E-state index >= 15 is 0 Å². The van der Waals surface area contributed by atoms with Crippen molar-refractivity contribution < 1.29 is 24.2 Å². The number of phenols is 1. The number of thioether (sulfide) groups is 1. The number of para-hydroxylation sites is 1. The molecule has 2 aromatic rings.